The maximum absolute atomic E-state index is 13.1. The third-order valence-electron chi connectivity index (χ3n) is 5.70. The minimum Gasteiger partial charge on any atom is -0.459 e. The van der Waals surface area contributed by atoms with E-state index in [1.807, 2.05) is 13.8 Å². The molecule has 2 aliphatic carbocycles. The van der Waals surface area contributed by atoms with Gasteiger partial charge in [-0.1, -0.05) is 23.3 Å². The molecule has 1 heterocycles. The highest BCUT2D eigenvalue weighted by Crippen LogP contribution is 2.57. The number of esters is 1. The zero-order valence-electron chi connectivity index (χ0n) is 15.9. The standard InChI is InChI=1S/C22H23NO4/c1-11(2)17-15-9-10-16(17)19-18(15)20(24)23(21(19)25)14-7-5-13(6-8-14)22(26)27-12(3)4/h5-10,12,15-16,18-19H,1-4H3/t15-,16-,18+,19+/m1/s1. The van der Waals surface area contributed by atoms with Crippen molar-refractivity contribution in [3.05, 3.63) is 53.1 Å². The molecule has 1 aliphatic heterocycles. The highest BCUT2D eigenvalue weighted by atomic mass is 16.5. The zero-order chi connectivity index (χ0) is 19.5. The van der Waals surface area contributed by atoms with Crippen LogP contribution in [-0.4, -0.2) is 23.9 Å². The molecule has 1 aromatic rings. The van der Waals surface area contributed by atoms with Gasteiger partial charge in [-0.2, -0.15) is 0 Å². The van der Waals surface area contributed by atoms with Crippen LogP contribution in [-0.2, 0) is 14.3 Å². The van der Waals surface area contributed by atoms with Crippen molar-refractivity contribution in [1.29, 1.82) is 0 Å². The van der Waals surface area contributed by atoms with Crippen molar-refractivity contribution in [3.63, 3.8) is 0 Å². The van der Waals surface area contributed by atoms with E-state index in [1.165, 1.54) is 16.0 Å². The average molecular weight is 365 g/mol. The number of amides is 2. The summed E-state index contributed by atoms with van der Waals surface area (Å²) in [4.78, 5) is 39.4. The molecule has 0 N–H and O–H groups in total. The molecule has 5 nitrogen and oxygen atoms in total. The summed E-state index contributed by atoms with van der Waals surface area (Å²) >= 11 is 0. The molecular weight excluding hydrogens is 342 g/mol. The lowest BCUT2D eigenvalue weighted by Gasteiger charge is -2.19. The summed E-state index contributed by atoms with van der Waals surface area (Å²) in [5.74, 6) is -1.23. The lowest BCUT2D eigenvalue weighted by atomic mass is 9.85. The molecule has 0 spiro atoms. The fraction of sp³-hybridized carbons (Fsp3) is 0.409. The van der Waals surface area contributed by atoms with Crippen molar-refractivity contribution in [2.24, 2.45) is 23.7 Å². The van der Waals surface area contributed by atoms with Crippen molar-refractivity contribution in [2.45, 2.75) is 33.8 Å². The maximum atomic E-state index is 13.1. The average Bonchev–Trinajstić information content (AvgIpc) is 3.24. The molecule has 27 heavy (non-hydrogen) atoms. The largest absolute Gasteiger partial charge is 0.459 e. The summed E-state index contributed by atoms with van der Waals surface area (Å²) in [6.45, 7) is 7.67. The van der Waals surface area contributed by atoms with E-state index in [9.17, 15) is 14.4 Å². The fourth-order valence-corrected chi connectivity index (χ4v) is 4.71. The molecule has 0 unspecified atom stereocenters. The minimum atomic E-state index is -0.414. The summed E-state index contributed by atoms with van der Waals surface area (Å²) in [6, 6.07) is 6.49. The Morgan fingerprint density at radius 1 is 0.963 bits per heavy atom. The van der Waals surface area contributed by atoms with Crippen LogP contribution in [0.15, 0.2) is 47.6 Å². The summed E-state index contributed by atoms with van der Waals surface area (Å²) < 4.78 is 5.18. The molecule has 4 atom stereocenters. The Balaban J connectivity index is 1.61. The van der Waals surface area contributed by atoms with Crippen molar-refractivity contribution in [1.82, 2.24) is 0 Å². The normalized spacial score (nSPS) is 28.3. The second-order valence-electron chi connectivity index (χ2n) is 7.96. The first-order valence-electron chi connectivity index (χ1n) is 9.35. The van der Waals surface area contributed by atoms with Crippen LogP contribution in [0.4, 0.5) is 5.69 Å². The number of ether oxygens (including phenoxy) is 1. The van der Waals surface area contributed by atoms with Crippen LogP contribution in [0.1, 0.15) is 38.1 Å². The number of fused-ring (bicyclic) bond motifs is 5. The lowest BCUT2D eigenvalue weighted by molar-refractivity contribution is -0.122. The fourth-order valence-electron chi connectivity index (χ4n) is 4.71. The van der Waals surface area contributed by atoms with Gasteiger partial charge < -0.3 is 4.74 Å². The van der Waals surface area contributed by atoms with Crippen LogP contribution in [0.25, 0.3) is 0 Å². The van der Waals surface area contributed by atoms with Gasteiger partial charge in [0, 0.05) is 11.8 Å². The first-order valence-corrected chi connectivity index (χ1v) is 9.35. The van der Waals surface area contributed by atoms with Gasteiger partial charge in [0.2, 0.25) is 11.8 Å². The molecule has 2 fully saturated rings. The van der Waals surface area contributed by atoms with Crippen LogP contribution >= 0.6 is 0 Å². The van der Waals surface area contributed by atoms with Gasteiger partial charge in [-0.3, -0.25) is 9.59 Å². The third kappa shape index (κ3) is 2.56. The molecule has 5 heteroatoms. The van der Waals surface area contributed by atoms with E-state index in [0.29, 0.717) is 11.3 Å². The maximum Gasteiger partial charge on any atom is 0.338 e. The molecule has 4 rings (SSSR count). The zero-order valence-corrected chi connectivity index (χ0v) is 15.9. The first-order chi connectivity index (χ1) is 12.8. The summed E-state index contributed by atoms with van der Waals surface area (Å²) in [5, 5.41) is 0. The first kappa shape index (κ1) is 17.7. The summed E-state index contributed by atoms with van der Waals surface area (Å²) in [5.41, 5.74) is 3.35. The Bertz CT molecular complexity index is 855. The van der Waals surface area contributed by atoms with Gasteiger partial charge in [-0.25, -0.2) is 9.69 Å². The Morgan fingerprint density at radius 3 is 1.93 bits per heavy atom. The number of carbonyl (C=O) groups excluding carboxylic acids is 3. The van der Waals surface area contributed by atoms with Gasteiger partial charge >= 0.3 is 5.97 Å². The van der Waals surface area contributed by atoms with Crippen LogP contribution in [0.2, 0.25) is 0 Å². The number of benzene rings is 1. The molecule has 0 aromatic heterocycles. The predicted octanol–water partition coefficient (Wildman–Crippen LogP) is 3.51. The van der Waals surface area contributed by atoms with Gasteiger partial charge in [0.1, 0.15) is 0 Å². The van der Waals surface area contributed by atoms with Crippen LogP contribution in [0.5, 0.6) is 0 Å². The van der Waals surface area contributed by atoms with E-state index in [-0.39, 0.29) is 41.6 Å². The predicted molar refractivity (Wildman–Crippen MR) is 101 cm³/mol. The molecule has 1 saturated carbocycles. The van der Waals surface area contributed by atoms with E-state index in [4.69, 9.17) is 4.74 Å². The number of imide groups is 1. The quantitative estimate of drug-likeness (QED) is 0.467. The van der Waals surface area contributed by atoms with E-state index < -0.39 is 5.97 Å². The van der Waals surface area contributed by atoms with Crippen molar-refractivity contribution < 1.29 is 19.1 Å². The molecule has 2 amide bonds. The number of hydrogen-bond donors (Lipinski definition) is 0. The smallest absolute Gasteiger partial charge is 0.338 e. The van der Waals surface area contributed by atoms with Crippen LogP contribution in [0.3, 0.4) is 0 Å². The van der Waals surface area contributed by atoms with Crippen LogP contribution in [0, 0.1) is 23.7 Å². The number of nitrogens with zero attached hydrogens (tertiary/aromatic N) is 1. The minimum absolute atomic E-state index is 0.0340. The monoisotopic (exact) mass is 365 g/mol. The Labute approximate surface area is 158 Å². The Hall–Kier alpha value is -2.69. The van der Waals surface area contributed by atoms with Crippen molar-refractivity contribution >= 4 is 23.5 Å². The third-order valence-corrected chi connectivity index (χ3v) is 5.70. The topological polar surface area (TPSA) is 63.7 Å². The number of anilines is 1. The van der Waals surface area contributed by atoms with Gasteiger partial charge in [-0.15, -0.1) is 0 Å². The van der Waals surface area contributed by atoms with Gasteiger partial charge in [0.25, 0.3) is 0 Å². The van der Waals surface area contributed by atoms with Gasteiger partial charge in [0.05, 0.1) is 29.2 Å². The number of rotatable bonds is 3. The number of allylic oxidation sites excluding steroid dienone is 4. The second kappa shape index (κ2) is 6.19. The van der Waals surface area contributed by atoms with Gasteiger partial charge in [-0.05, 0) is 52.0 Å². The molecule has 3 aliphatic rings. The van der Waals surface area contributed by atoms with E-state index in [2.05, 4.69) is 12.2 Å². The van der Waals surface area contributed by atoms with E-state index >= 15 is 0 Å². The Kier molecular flexibility index (Phi) is 4.06. The molecule has 1 saturated heterocycles. The molecule has 2 bridgehead atoms. The Morgan fingerprint density at radius 2 is 1.48 bits per heavy atom. The van der Waals surface area contributed by atoms with Gasteiger partial charge in [0.15, 0.2) is 0 Å². The number of hydrogen-bond acceptors (Lipinski definition) is 4. The molecule has 140 valence electrons. The highest BCUT2D eigenvalue weighted by molar-refractivity contribution is 6.23. The summed E-state index contributed by atoms with van der Waals surface area (Å²) in [7, 11) is 0. The van der Waals surface area contributed by atoms with E-state index in [1.54, 1.807) is 38.1 Å². The highest BCUT2D eigenvalue weighted by Gasteiger charge is 2.61. The molecule has 0 radical (unpaired) electrons. The van der Waals surface area contributed by atoms with Crippen molar-refractivity contribution in [2.75, 3.05) is 4.90 Å². The molecular formula is C22H23NO4. The lowest BCUT2D eigenvalue weighted by Crippen LogP contribution is -2.33. The molecule has 1 aromatic carbocycles. The second-order valence-corrected chi connectivity index (χ2v) is 7.96. The number of carbonyl (C=O) groups is 3. The van der Waals surface area contributed by atoms with E-state index in [0.717, 1.165) is 0 Å². The summed E-state index contributed by atoms with van der Waals surface area (Å²) in [6.07, 6.45) is 3.95. The van der Waals surface area contributed by atoms with Crippen molar-refractivity contribution in [3.8, 4) is 0 Å². The SMILES string of the molecule is CC(C)=C1[C@H]2C=C[C@H]1[C@@H]1C(=O)N(c3ccc(C(=O)OC(C)C)cc3)C(=O)[C@H]12. The van der Waals surface area contributed by atoms with Crippen LogP contribution < -0.4 is 4.90 Å².